The van der Waals surface area contributed by atoms with Gasteiger partial charge < -0.3 is 5.73 Å². The fourth-order valence-corrected chi connectivity index (χ4v) is 3.26. The minimum atomic E-state index is -0.834. The molecule has 3 atom stereocenters. The van der Waals surface area contributed by atoms with Crippen molar-refractivity contribution in [3.05, 3.63) is 0 Å². The molecule has 1 fully saturated rings. The summed E-state index contributed by atoms with van der Waals surface area (Å²) in [6.07, 6.45) is 4.53. The van der Waals surface area contributed by atoms with Gasteiger partial charge in [-0.2, -0.15) is 0 Å². The van der Waals surface area contributed by atoms with Gasteiger partial charge in [0.15, 0.2) is 0 Å². The molecule has 0 aromatic carbocycles. The van der Waals surface area contributed by atoms with E-state index in [0.717, 1.165) is 25.9 Å². The second-order valence-corrected chi connectivity index (χ2v) is 5.24. The van der Waals surface area contributed by atoms with Crippen LogP contribution in [0.4, 0.5) is 0 Å². The van der Waals surface area contributed by atoms with E-state index in [-0.39, 0.29) is 0 Å². The highest BCUT2D eigenvalue weighted by molar-refractivity contribution is 7.83. The van der Waals surface area contributed by atoms with Gasteiger partial charge in [-0.05, 0) is 31.7 Å². The lowest BCUT2D eigenvalue weighted by Gasteiger charge is -2.27. The van der Waals surface area contributed by atoms with E-state index in [1.54, 1.807) is 0 Å². The molecule has 0 amide bonds. The zero-order valence-electron chi connectivity index (χ0n) is 8.29. The van der Waals surface area contributed by atoms with Crippen LogP contribution in [0.25, 0.3) is 0 Å². The van der Waals surface area contributed by atoms with Crippen molar-refractivity contribution in [3.8, 4) is 0 Å². The topological polar surface area (TPSA) is 55.1 Å². The zero-order valence-corrected chi connectivity index (χ0v) is 9.11. The van der Waals surface area contributed by atoms with Gasteiger partial charge in [-0.15, -0.1) is 0 Å². The molecule has 3 N–H and O–H groups in total. The maximum Gasteiger partial charge on any atom is 0.0946 e. The first kappa shape index (κ1) is 11.1. The zero-order chi connectivity index (χ0) is 9.68. The van der Waals surface area contributed by atoms with E-state index in [1.807, 2.05) is 6.92 Å². The Morgan fingerprint density at radius 1 is 1.54 bits per heavy atom. The lowest BCUT2D eigenvalue weighted by Crippen LogP contribution is -2.34. The van der Waals surface area contributed by atoms with Crippen molar-refractivity contribution in [1.29, 1.82) is 0 Å². The molecule has 0 saturated heterocycles. The van der Waals surface area contributed by atoms with Crippen LogP contribution in [0.5, 0.6) is 0 Å². The highest BCUT2D eigenvalue weighted by Gasteiger charge is 2.24. The third kappa shape index (κ3) is 3.37. The molecule has 0 aromatic heterocycles. The Labute approximate surface area is 83.1 Å². The van der Waals surface area contributed by atoms with Crippen LogP contribution in [0.1, 0.15) is 32.6 Å². The average Bonchev–Trinajstić information content (AvgIpc) is 2.18. The number of nitrogens with one attached hydrogen (secondary N) is 1. The summed E-state index contributed by atoms with van der Waals surface area (Å²) in [6, 6.07) is 0. The Morgan fingerprint density at radius 2 is 2.31 bits per heavy atom. The van der Waals surface area contributed by atoms with E-state index < -0.39 is 11.0 Å². The van der Waals surface area contributed by atoms with Crippen molar-refractivity contribution >= 4 is 11.0 Å². The van der Waals surface area contributed by atoms with Crippen LogP contribution in [0.2, 0.25) is 0 Å². The SMILES string of the molecule is CCNS(=O)C1CCCC(CN)C1. The van der Waals surface area contributed by atoms with Gasteiger partial charge in [0.05, 0.1) is 11.0 Å². The number of hydrogen-bond acceptors (Lipinski definition) is 2. The molecule has 0 spiro atoms. The largest absolute Gasteiger partial charge is 0.330 e. The van der Waals surface area contributed by atoms with Crippen LogP contribution in [-0.2, 0) is 11.0 Å². The quantitative estimate of drug-likeness (QED) is 0.711. The van der Waals surface area contributed by atoms with Crippen LogP contribution in [0, 0.1) is 5.92 Å². The lowest BCUT2D eigenvalue weighted by atomic mass is 9.89. The van der Waals surface area contributed by atoms with Crippen LogP contribution in [0.15, 0.2) is 0 Å². The van der Waals surface area contributed by atoms with E-state index >= 15 is 0 Å². The summed E-state index contributed by atoms with van der Waals surface area (Å²) >= 11 is 0. The third-order valence-electron chi connectivity index (χ3n) is 2.66. The molecule has 78 valence electrons. The summed E-state index contributed by atoms with van der Waals surface area (Å²) in [4.78, 5) is 0. The Hall–Kier alpha value is 0.0700. The lowest BCUT2D eigenvalue weighted by molar-refractivity contribution is 0.369. The molecule has 3 unspecified atom stereocenters. The number of rotatable bonds is 4. The summed E-state index contributed by atoms with van der Waals surface area (Å²) in [6.45, 7) is 3.53. The third-order valence-corrected chi connectivity index (χ3v) is 4.26. The van der Waals surface area contributed by atoms with Crippen molar-refractivity contribution in [2.24, 2.45) is 11.7 Å². The Morgan fingerprint density at radius 3 is 2.92 bits per heavy atom. The molecule has 3 nitrogen and oxygen atoms in total. The molecule has 0 heterocycles. The predicted molar refractivity (Wildman–Crippen MR) is 56.6 cm³/mol. The van der Waals surface area contributed by atoms with Crippen LogP contribution in [0.3, 0.4) is 0 Å². The van der Waals surface area contributed by atoms with Crippen molar-refractivity contribution < 1.29 is 4.21 Å². The summed E-state index contributed by atoms with van der Waals surface area (Å²) in [7, 11) is -0.834. The van der Waals surface area contributed by atoms with Gasteiger partial charge in [-0.25, -0.2) is 8.93 Å². The summed E-state index contributed by atoms with van der Waals surface area (Å²) in [5, 5.41) is 0.335. The summed E-state index contributed by atoms with van der Waals surface area (Å²) in [5.41, 5.74) is 5.62. The van der Waals surface area contributed by atoms with E-state index in [4.69, 9.17) is 5.73 Å². The van der Waals surface area contributed by atoms with Gasteiger partial charge in [-0.3, -0.25) is 0 Å². The van der Waals surface area contributed by atoms with Crippen LogP contribution < -0.4 is 10.5 Å². The van der Waals surface area contributed by atoms with Gasteiger partial charge in [0, 0.05) is 11.8 Å². The molecule has 4 heteroatoms. The van der Waals surface area contributed by atoms with Crippen molar-refractivity contribution in [3.63, 3.8) is 0 Å². The second-order valence-electron chi connectivity index (χ2n) is 3.69. The van der Waals surface area contributed by atoms with Crippen LogP contribution in [-0.4, -0.2) is 22.5 Å². The highest BCUT2D eigenvalue weighted by Crippen LogP contribution is 2.26. The van der Waals surface area contributed by atoms with Gasteiger partial charge in [-0.1, -0.05) is 13.3 Å². The maximum atomic E-state index is 11.6. The van der Waals surface area contributed by atoms with Crippen molar-refractivity contribution in [2.75, 3.05) is 13.1 Å². The molecule has 1 saturated carbocycles. The van der Waals surface area contributed by atoms with E-state index in [1.165, 1.54) is 12.8 Å². The second kappa shape index (κ2) is 5.73. The van der Waals surface area contributed by atoms with Crippen molar-refractivity contribution in [2.45, 2.75) is 37.9 Å². The molecular formula is C9H20N2OS. The molecule has 1 aliphatic carbocycles. The number of hydrogen-bond donors (Lipinski definition) is 2. The monoisotopic (exact) mass is 204 g/mol. The molecule has 0 bridgehead atoms. The Bertz CT molecular complexity index is 175. The Balaban J connectivity index is 2.37. The predicted octanol–water partition coefficient (Wildman–Crippen LogP) is 0.777. The molecule has 1 rings (SSSR count). The first-order chi connectivity index (χ1) is 6.27. The normalized spacial score (nSPS) is 31.5. The minimum absolute atomic E-state index is 0.335. The van der Waals surface area contributed by atoms with E-state index in [2.05, 4.69) is 4.72 Å². The van der Waals surface area contributed by atoms with Gasteiger partial charge in [0.25, 0.3) is 0 Å². The summed E-state index contributed by atoms with van der Waals surface area (Å²) < 4.78 is 14.6. The molecule has 1 aliphatic rings. The fraction of sp³-hybridized carbons (Fsp3) is 1.00. The van der Waals surface area contributed by atoms with Crippen molar-refractivity contribution in [1.82, 2.24) is 4.72 Å². The smallest absolute Gasteiger partial charge is 0.0946 e. The maximum absolute atomic E-state index is 11.6. The molecule has 0 radical (unpaired) electrons. The minimum Gasteiger partial charge on any atom is -0.330 e. The first-order valence-electron chi connectivity index (χ1n) is 5.12. The van der Waals surface area contributed by atoms with Gasteiger partial charge in [0.2, 0.25) is 0 Å². The summed E-state index contributed by atoms with van der Waals surface area (Å²) in [5.74, 6) is 0.598. The molecule has 0 aromatic rings. The van der Waals surface area contributed by atoms with Gasteiger partial charge in [0.1, 0.15) is 0 Å². The van der Waals surface area contributed by atoms with Gasteiger partial charge >= 0.3 is 0 Å². The first-order valence-corrected chi connectivity index (χ1v) is 6.33. The molecule has 13 heavy (non-hydrogen) atoms. The highest BCUT2D eigenvalue weighted by atomic mass is 32.2. The molecule has 0 aliphatic heterocycles. The number of nitrogens with two attached hydrogens (primary N) is 1. The van der Waals surface area contributed by atoms with E-state index in [0.29, 0.717) is 11.2 Å². The Kier molecular flexibility index (Phi) is 4.91. The molecular weight excluding hydrogens is 184 g/mol. The van der Waals surface area contributed by atoms with Crippen LogP contribution >= 0.6 is 0 Å². The standard InChI is InChI=1S/C9H20N2OS/c1-2-11-13(12)9-5-3-4-8(6-9)7-10/h8-9,11H,2-7,10H2,1H3. The van der Waals surface area contributed by atoms with E-state index in [9.17, 15) is 4.21 Å². The fourth-order valence-electron chi connectivity index (χ4n) is 1.91. The average molecular weight is 204 g/mol.